The summed E-state index contributed by atoms with van der Waals surface area (Å²) in [7, 11) is 0. The quantitative estimate of drug-likeness (QED) is 0.548. The Morgan fingerprint density at radius 2 is 1.00 bits per heavy atom. The van der Waals surface area contributed by atoms with E-state index in [1.54, 1.807) is 24.3 Å². The highest BCUT2D eigenvalue weighted by atomic mass is 16.3. The Labute approximate surface area is 92.8 Å². The van der Waals surface area contributed by atoms with Crippen molar-refractivity contribution in [1.82, 2.24) is 0 Å². The van der Waals surface area contributed by atoms with Gasteiger partial charge in [-0.15, -0.1) is 0 Å². The van der Waals surface area contributed by atoms with Crippen molar-refractivity contribution in [1.29, 1.82) is 0 Å². The summed E-state index contributed by atoms with van der Waals surface area (Å²) in [6.45, 7) is 0. The molecule has 2 aromatic rings. The van der Waals surface area contributed by atoms with Crippen LogP contribution in [-0.4, -0.2) is 10.2 Å². The summed E-state index contributed by atoms with van der Waals surface area (Å²) >= 11 is 0. The SMILES string of the molecule is Nc1cc(O)cc(-c2cc(N)cc(O)c2)c1. The third-order valence-corrected chi connectivity index (χ3v) is 2.21. The maximum Gasteiger partial charge on any atom is 0.118 e. The normalized spacial score (nSPS) is 10.2. The van der Waals surface area contributed by atoms with Crippen LogP contribution in [0, 0.1) is 0 Å². The molecule has 0 saturated carbocycles. The summed E-state index contributed by atoms with van der Waals surface area (Å²) in [5.41, 5.74) is 13.6. The molecule has 4 nitrogen and oxygen atoms in total. The third-order valence-electron chi connectivity index (χ3n) is 2.21. The number of phenols is 2. The van der Waals surface area contributed by atoms with E-state index in [1.165, 1.54) is 12.1 Å². The van der Waals surface area contributed by atoms with E-state index in [1.807, 2.05) is 0 Å². The summed E-state index contributed by atoms with van der Waals surface area (Å²) in [5, 5.41) is 18.8. The molecule has 2 rings (SSSR count). The lowest BCUT2D eigenvalue weighted by atomic mass is 10.0. The topological polar surface area (TPSA) is 92.5 Å². The Bertz CT molecular complexity index is 449. The lowest BCUT2D eigenvalue weighted by Gasteiger charge is -2.06. The highest BCUT2D eigenvalue weighted by Gasteiger charge is 2.03. The molecule has 0 aliphatic carbocycles. The van der Waals surface area contributed by atoms with Crippen LogP contribution in [0.5, 0.6) is 11.5 Å². The number of hydrogen-bond donors (Lipinski definition) is 4. The van der Waals surface area contributed by atoms with Gasteiger partial charge in [0.1, 0.15) is 11.5 Å². The van der Waals surface area contributed by atoms with E-state index in [9.17, 15) is 10.2 Å². The first-order valence-corrected chi connectivity index (χ1v) is 4.74. The van der Waals surface area contributed by atoms with Crippen LogP contribution in [0.3, 0.4) is 0 Å². The molecule has 0 heterocycles. The fraction of sp³-hybridized carbons (Fsp3) is 0. The molecule has 2 aromatic carbocycles. The molecule has 0 aliphatic heterocycles. The van der Waals surface area contributed by atoms with Crippen molar-refractivity contribution in [2.75, 3.05) is 11.5 Å². The number of aromatic hydroxyl groups is 2. The second-order valence-electron chi connectivity index (χ2n) is 3.63. The molecule has 0 fully saturated rings. The van der Waals surface area contributed by atoms with E-state index in [-0.39, 0.29) is 11.5 Å². The molecule has 16 heavy (non-hydrogen) atoms. The van der Waals surface area contributed by atoms with Gasteiger partial charge in [-0.25, -0.2) is 0 Å². The Morgan fingerprint density at radius 3 is 1.31 bits per heavy atom. The number of benzene rings is 2. The van der Waals surface area contributed by atoms with Crippen LogP contribution < -0.4 is 11.5 Å². The zero-order chi connectivity index (χ0) is 11.7. The maximum atomic E-state index is 9.42. The molecule has 0 amide bonds. The van der Waals surface area contributed by atoms with E-state index in [0.29, 0.717) is 22.5 Å². The van der Waals surface area contributed by atoms with Crippen molar-refractivity contribution in [3.63, 3.8) is 0 Å². The summed E-state index contributed by atoms with van der Waals surface area (Å²) in [6.07, 6.45) is 0. The van der Waals surface area contributed by atoms with Gasteiger partial charge in [0.15, 0.2) is 0 Å². The molecule has 0 aliphatic rings. The van der Waals surface area contributed by atoms with Crippen LogP contribution in [-0.2, 0) is 0 Å². The van der Waals surface area contributed by atoms with Gasteiger partial charge >= 0.3 is 0 Å². The number of nitrogens with two attached hydrogens (primary N) is 2. The van der Waals surface area contributed by atoms with E-state index >= 15 is 0 Å². The minimum absolute atomic E-state index is 0.0805. The van der Waals surface area contributed by atoms with E-state index < -0.39 is 0 Å². The summed E-state index contributed by atoms with van der Waals surface area (Å²) in [5.74, 6) is 0.161. The average molecular weight is 216 g/mol. The number of nitrogen functional groups attached to an aromatic ring is 2. The van der Waals surface area contributed by atoms with Crippen LogP contribution in [0.25, 0.3) is 11.1 Å². The molecule has 0 bridgehead atoms. The molecule has 6 N–H and O–H groups in total. The van der Waals surface area contributed by atoms with E-state index in [2.05, 4.69) is 0 Å². The van der Waals surface area contributed by atoms with Gasteiger partial charge in [-0.05, 0) is 35.4 Å². The molecule has 0 saturated heterocycles. The molecule has 0 atom stereocenters. The van der Waals surface area contributed by atoms with Crippen LogP contribution in [0.2, 0.25) is 0 Å². The minimum atomic E-state index is 0.0805. The predicted octanol–water partition coefficient (Wildman–Crippen LogP) is 1.93. The van der Waals surface area contributed by atoms with Crippen LogP contribution in [0.4, 0.5) is 11.4 Å². The van der Waals surface area contributed by atoms with Gasteiger partial charge in [-0.2, -0.15) is 0 Å². The lowest BCUT2D eigenvalue weighted by Crippen LogP contribution is -1.88. The van der Waals surface area contributed by atoms with E-state index in [4.69, 9.17) is 11.5 Å². The Balaban J connectivity index is 2.57. The first-order chi connectivity index (χ1) is 7.54. The number of phenolic OH excluding ortho intramolecular Hbond substituents is 2. The van der Waals surface area contributed by atoms with Gasteiger partial charge in [-0.3, -0.25) is 0 Å². The zero-order valence-corrected chi connectivity index (χ0v) is 8.51. The number of hydrogen-bond acceptors (Lipinski definition) is 4. The summed E-state index contributed by atoms with van der Waals surface area (Å²) in [6, 6.07) is 9.43. The first kappa shape index (κ1) is 10.2. The standard InChI is InChI=1S/C12H12N2O2/c13-9-1-7(3-11(15)5-9)8-2-10(14)6-12(16)4-8/h1-6,15-16H,13-14H2. The Kier molecular flexibility index (Phi) is 2.32. The van der Waals surface area contributed by atoms with Crippen molar-refractivity contribution in [2.45, 2.75) is 0 Å². The largest absolute Gasteiger partial charge is 0.508 e. The highest BCUT2D eigenvalue weighted by molar-refractivity contribution is 5.73. The Morgan fingerprint density at radius 1 is 0.625 bits per heavy atom. The molecule has 0 unspecified atom stereocenters. The summed E-state index contributed by atoms with van der Waals surface area (Å²) in [4.78, 5) is 0. The fourth-order valence-electron chi connectivity index (χ4n) is 1.60. The van der Waals surface area contributed by atoms with Crippen LogP contribution >= 0.6 is 0 Å². The van der Waals surface area contributed by atoms with Crippen LogP contribution in [0.1, 0.15) is 0 Å². The number of rotatable bonds is 1. The molecule has 0 aromatic heterocycles. The van der Waals surface area contributed by atoms with Gasteiger partial charge in [0, 0.05) is 23.5 Å². The van der Waals surface area contributed by atoms with Gasteiger partial charge in [0.05, 0.1) is 0 Å². The van der Waals surface area contributed by atoms with Crippen molar-refractivity contribution < 1.29 is 10.2 Å². The van der Waals surface area contributed by atoms with Gasteiger partial charge in [-0.1, -0.05) is 0 Å². The predicted molar refractivity (Wildman–Crippen MR) is 64.0 cm³/mol. The maximum absolute atomic E-state index is 9.42. The van der Waals surface area contributed by atoms with Crippen molar-refractivity contribution in [2.24, 2.45) is 0 Å². The van der Waals surface area contributed by atoms with Gasteiger partial charge in [0.2, 0.25) is 0 Å². The van der Waals surface area contributed by atoms with Gasteiger partial charge in [0.25, 0.3) is 0 Å². The zero-order valence-electron chi connectivity index (χ0n) is 8.51. The lowest BCUT2D eigenvalue weighted by molar-refractivity contribution is 0.474. The highest BCUT2D eigenvalue weighted by Crippen LogP contribution is 2.30. The second-order valence-corrected chi connectivity index (χ2v) is 3.63. The summed E-state index contributed by atoms with van der Waals surface area (Å²) < 4.78 is 0. The van der Waals surface area contributed by atoms with Crippen molar-refractivity contribution >= 4 is 11.4 Å². The number of anilines is 2. The minimum Gasteiger partial charge on any atom is -0.508 e. The first-order valence-electron chi connectivity index (χ1n) is 4.74. The molecule has 0 radical (unpaired) electrons. The fourth-order valence-corrected chi connectivity index (χ4v) is 1.60. The smallest absolute Gasteiger partial charge is 0.118 e. The third kappa shape index (κ3) is 2.00. The Hall–Kier alpha value is -2.36. The second kappa shape index (κ2) is 3.66. The molecule has 4 heteroatoms. The van der Waals surface area contributed by atoms with Crippen molar-refractivity contribution in [3.8, 4) is 22.6 Å². The van der Waals surface area contributed by atoms with Gasteiger partial charge < -0.3 is 21.7 Å². The van der Waals surface area contributed by atoms with Crippen LogP contribution in [0.15, 0.2) is 36.4 Å². The van der Waals surface area contributed by atoms with Crippen molar-refractivity contribution in [3.05, 3.63) is 36.4 Å². The molecular weight excluding hydrogens is 204 g/mol. The van der Waals surface area contributed by atoms with E-state index in [0.717, 1.165) is 0 Å². The monoisotopic (exact) mass is 216 g/mol. The average Bonchev–Trinajstić information content (AvgIpc) is 2.14. The molecule has 0 spiro atoms. The molecule has 82 valence electrons. The molecular formula is C12H12N2O2.